The first-order chi connectivity index (χ1) is 8.78. The molecular weight excluding hydrogens is 274 g/mol. The van der Waals surface area contributed by atoms with Crippen molar-refractivity contribution in [2.45, 2.75) is 6.54 Å². The average molecular weight is 286 g/mol. The number of hydrogen-bond donors (Lipinski definition) is 1. The summed E-state index contributed by atoms with van der Waals surface area (Å²) >= 11 is 7.47. The summed E-state index contributed by atoms with van der Waals surface area (Å²) < 4.78 is 6.29. The lowest BCUT2D eigenvalue weighted by Gasteiger charge is -2.27. The Balaban J connectivity index is 2.10. The zero-order chi connectivity index (χ0) is 12.5. The second-order valence-corrected chi connectivity index (χ2v) is 5.30. The highest BCUT2D eigenvalue weighted by Crippen LogP contribution is 2.30. The molecule has 1 aliphatic heterocycles. The molecule has 2 aromatic heterocycles. The zero-order valence-electron chi connectivity index (χ0n) is 9.60. The van der Waals surface area contributed by atoms with Gasteiger partial charge in [-0.1, -0.05) is 0 Å². The van der Waals surface area contributed by atoms with Gasteiger partial charge in [0.1, 0.15) is 9.71 Å². The lowest BCUT2D eigenvalue weighted by molar-refractivity contribution is 0.122. The number of fused-ring (bicyclic) bond motifs is 1. The smallest absolute Gasteiger partial charge is 0.226 e. The minimum atomic E-state index is 0.220. The molecule has 0 radical (unpaired) electrons. The van der Waals surface area contributed by atoms with Gasteiger partial charge in [-0.25, -0.2) is 4.98 Å². The number of halogens is 1. The Kier molecular flexibility index (Phi) is 3.29. The van der Waals surface area contributed by atoms with Gasteiger partial charge in [-0.3, -0.25) is 0 Å². The summed E-state index contributed by atoms with van der Waals surface area (Å²) in [6.07, 6.45) is 0. The molecule has 0 bridgehead atoms. The fraction of sp³-hybridized carbons (Fsp3) is 0.500. The average Bonchev–Trinajstić information content (AvgIpc) is 2.81. The quantitative estimate of drug-likeness (QED) is 0.831. The van der Waals surface area contributed by atoms with Crippen LogP contribution in [0.3, 0.4) is 0 Å². The summed E-state index contributed by atoms with van der Waals surface area (Å²) in [6, 6.07) is 0. The van der Waals surface area contributed by atoms with Crippen molar-refractivity contribution in [1.82, 2.24) is 15.0 Å². The van der Waals surface area contributed by atoms with Crippen LogP contribution in [0, 0.1) is 0 Å². The van der Waals surface area contributed by atoms with Gasteiger partial charge in [-0.2, -0.15) is 9.97 Å². The molecule has 96 valence electrons. The number of anilines is 1. The first-order valence-electron chi connectivity index (χ1n) is 5.63. The number of hydrogen-bond acceptors (Lipinski definition) is 7. The van der Waals surface area contributed by atoms with E-state index in [4.69, 9.17) is 22.1 Å². The van der Waals surface area contributed by atoms with Gasteiger partial charge in [0, 0.05) is 19.6 Å². The van der Waals surface area contributed by atoms with E-state index in [0.717, 1.165) is 28.6 Å². The molecule has 18 heavy (non-hydrogen) atoms. The highest BCUT2D eigenvalue weighted by atomic mass is 35.5. The molecule has 0 unspecified atom stereocenters. The first-order valence-corrected chi connectivity index (χ1v) is 6.83. The van der Waals surface area contributed by atoms with Crippen molar-refractivity contribution in [3.8, 4) is 0 Å². The van der Waals surface area contributed by atoms with E-state index in [1.165, 1.54) is 11.3 Å². The SMILES string of the molecule is NCc1nc2nc(Cl)nc(N3CCOCC3)c2s1. The summed E-state index contributed by atoms with van der Waals surface area (Å²) in [5.74, 6) is 0.838. The third-order valence-electron chi connectivity index (χ3n) is 2.74. The molecule has 2 N–H and O–H groups in total. The molecule has 0 saturated carbocycles. The predicted molar refractivity (Wildman–Crippen MR) is 71.1 cm³/mol. The zero-order valence-corrected chi connectivity index (χ0v) is 11.2. The maximum absolute atomic E-state index is 5.95. The highest BCUT2D eigenvalue weighted by Gasteiger charge is 2.19. The summed E-state index contributed by atoms with van der Waals surface area (Å²) in [7, 11) is 0. The van der Waals surface area contributed by atoms with Crippen molar-refractivity contribution in [3.05, 3.63) is 10.3 Å². The van der Waals surface area contributed by atoms with Crippen molar-refractivity contribution < 1.29 is 4.74 Å². The molecule has 8 heteroatoms. The Morgan fingerprint density at radius 2 is 2.06 bits per heavy atom. The molecule has 0 atom stereocenters. The van der Waals surface area contributed by atoms with Crippen LogP contribution in [0.2, 0.25) is 5.28 Å². The largest absolute Gasteiger partial charge is 0.378 e. The van der Waals surface area contributed by atoms with Gasteiger partial charge in [0.15, 0.2) is 11.5 Å². The van der Waals surface area contributed by atoms with E-state index in [-0.39, 0.29) is 5.28 Å². The van der Waals surface area contributed by atoms with Crippen molar-refractivity contribution in [2.75, 3.05) is 31.2 Å². The normalized spacial score (nSPS) is 16.4. The molecule has 6 nitrogen and oxygen atoms in total. The van der Waals surface area contributed by atoms with Gasteiger partial charge in [0.2, 0.25) is 5.28 Å². The van der Waals surface area contributed by atoms with E-state index in [0.29, 0.717) is 25.4 Å². The van der Waals surface area contributed by atoms with Crippen LogP contribution in [-0.4, -0.2) is 41.3 Å². The number of nitrogens with two attached hydrogens (primary N) is 1. The predicted octanol–water partition coefficient (Wildman–Crippen LogP) is 1.03. The molecule has 0 aromatic carbocycles. The molecule has 0 spiro atoms. The molecule has 3 rings (SSSR count). The van der Waals surface area contributed by atoms with Crippen LogP contribution in [0.4, 0.5) is 5.82 Å². The number of aromatic nitrogens is 3. The maximum Gasteiger partial charge on any atom is 0.226 e. The Morgan fingerprint density at radius 1 is 1.28 bits per heavy atom. The van der Waals surface area contributed by atoms with E-state index in [2.05, 4.69) is 19.9 Å². The third-order valence-corrected chi connectivity index (χ3v) is 3.97. The van der Waals surface area contributed by atoms with Crippen molar-refractivity contribution in [2.24, 2.45) is 5.73 Å². The topological polar surface area (TPSA) is 77.2 Å². The lowest BCUT2D eigenvalue weighted by atomic mass is 10.4. The van der Waals surface area contributed by atoms with Crippen LogP contribution >= 0.6 is 22.9 Å². The molecule has 0 aliphatic carbocycles. The standard InChI is InChI=1S/C10H12ClN5OS/c11-10-14-8-7(18-6(5-12)13-8)9(15-10)16-1-3-17-4-2-16/h1-5,12H2. The van der Waals surface area contributed by atoms with Crippen molar-refractivity contribution >= 4 is 39.1 Å². The number of nitrogens with zero attached hydrogens (tertiary/aromatic N) is 4. The fourth-order valence-corrected chi connectivity index (χ4v) is 2.96. The molecule has 1 saturated heterocycles. The maximum atomic E-state index is 5.95. The fourth-order valence-electron chi connectivity index (χ4n) is 1.90. The molecule has 2 aromatic rings. The molecule has 0 amide bonds. The van der Waals surface area contributed by atoms with Crippen molar-refractivity contribution in [1.29, 1.82) is 0 Å². The van der Waals surface area contributed by atoms with Crippen molar-refractivity contribution in [3.63, 3.8) is 0 Å². The van der Waals surface area contributed by atoms with Gasteiger partial charge < -0.3 is 15.4 Å². The Morgan fingerprint density at radius 3 is 2.78 bits per heavy atom. The monoisotopic (exact) mass is 285 g/mol. The number of morpholine rings is 1. The Labute approximate surface area is 113 Å². The summed E-state index contributed by atoms with van der Waals surface area (Å²) in [4.78, 5) is 15.0. The van der Waals surface area contributed by atoms with E-state index in [1.54, 1.807) is 0 Å². The van der Waals surface area contributed by atoms with Gasteiger partial charge in [0.05, 0.1) is 13.2 Å². The number of thiazole rings is 1. The minimum Gasteiger partial charge on any atom is -0.378 e. The number of ether oxygens (including phenoxy) is 1. The van der Waals surface area contributed by atoms with Crippen LogP contribution < -0.4 is 10.6 Å². The Hall–Kier alpha value is -1.02. The molecule has 1 aliphatic rings. The van der Waals surface area contributed by atoms with Gasteiger partial charge >= 0.3 is 0 Å². The molecule has 3 heterocycles. The second kappa shape index (κ2) is 4.93. The Bertz CT molecular complexity index is 569. The minimum absolute atomic E-state index is 0.220. The second-order valence-electron chi connectivity index (χ2n) is 3.88. The summed E-state index contributed by atoms with van der Waals surface area (Å²) in [5, 5.41) is 1.06. The first kappa shape index (κ1) is 12.0. The van der Waals surface area contributed by atoms with Gasteiger partial charge in [0.25, 0.3) is 0 Å². The van der Waals surface area contributed by atoms with Crippen LogP contribution in [0.15, 0.2) is 0 Å². The molecular formula is C10H12ClN5OS. The number of rotatable bonds is 2. The van der Waals surface area contributed by atoms with Gasteiger partial charge in [-0.15, -0.1) is 11.3 Å². The summed E-state index contributed by atoms with van der Waals surface area (Å²) in [5.41, 5.74) is 6.24. The van der Waals surface area contributed by atoms with E-state index < -0.39 is 0 Å². The van der Waals surface area contributed by atoms with E-state index >= 15 is 0 Å². The van der Waals surface area contributed by atoms with Crippen LogP contribution in [0.5, 0.6) is 0 Å². The molecule has 1 fully saturated rings. The van der Waals surface area contributed by atoms with Gasteiger partial charge in [-0.05, 0) is 11.6 Å². The van der Waals surface area contributed by atoms with E-state index in [1.807, 2.05) is 0 Å². The van der Waals surface area contributed by atoms with Crippen LogP contribution in [0.25, 0.3) is 10.3 Å². The highest BCUT2D eigenvalue weighted by molar-refractivity contribution is 7.19. The van der Waals surface area contributed by atoms with Crippen LogP contribution in [0.1, 0.15) is 5.01 Å². The van der Waals surface area contributed by atoms with Crippen LogP contribution in [-0.2, 0) is 11.3 Å². The van der Waals surface area contributed by atoms with E-state index in [9.17, 15) is 0 Å². The third kappa shape index (κ3) is 2.14. The summed E-state index contributed by atoms with van der Waals surface area (Å²) in [6.45, 7) is 3.41. The lowest BCUT2D eigenvalue weighted by Crippen LogP contribution is -2.36.